The number of rotatable bonds is 6. The maximum absolute atomic E-state index is 12.8. The van der Waals surface area contributed by atoms with E-state index < -0.39 is 0 Å². The van der Waals surface area contributed by atoms with Gasteiger partial charge in [-0.3, -0.25) is 9.59 Å². The standard InChI is InChI=1S/C23H25N3O4/c1-14(27)24-18-5-4-6-20-16(18)9-10-26(20)13-23(28)25-19-8-7-15-11-21(29-2)22(30-3)12-17(15)19/h4-6,9-12,19H,7-8,13H2,1-3H3,(H,24,27)(H,25,28). The summed E-state index contributed by atoms with van der Waals surface area (Å²) < 4.78 is 12.7. The molecule has 0 fully saturated rings. The van der Waals surface area contributed by atoms with Crippen LogP contribution in [-0.4, -0.2) is 30.6 Å². The van der Waals surface area contributed by atoms with Gasteiger partial charge in [0.15, 0.2) is 11.5 Å². The van der Waals surface area contributed by atoms with Crippen molar-refractivity contribution in [1.29, 1.82) is 0 Å². The normalized spacial score (nSPS) is 15.0. The van der Waals surface area contributed by atoms with Gasteiger partial charge in [-0.05, 0) is 54.3 Å². The minimum Gasteiger partial charge on any atom is -0.493 e. The zero-order chi connectivity index (χ0) is 21.3. The topological polar surface area (TPSA) is 81.6 Å². The van der Waals surface area contributed by atoms with E-state index in [1.165, 1.54) is 12.5 Å². The van der Waals surface area contributed by atoms with E-state index in [0.717, 1.165) is 35.0 Å². The molecule has 3 aromatic rings. The van der Waals surface area contributed by atoms with Crippen molar-refractivity contribution in [3.05, 3.63) is 53.7 Å². The summed E-state index contributed by atoms with van der Waals surface area (Å²) in [5.74, 6) is 1.18. The minimum atomic E-state index is -0.125. The molecule has 1 aromatic heterocycles. The highest BCUT2D eigenvalue weighted by molar-refractivity contribution is 6.01. The Labute approximate surface area is 175 Å². The summed E-state index contributed by atoms with van der Waals surface area (Å²) in [5.41, 5.74) is 3.88. The molecule has 1 unspecified atom stereocenters. The van der Waals surface area contributed by atoms with Crippen molar-refractivity contribution >= 4 is 28.4 Å². The summed E-state index contributed by atoms with van der Waals surface area (Å²) in [6, 6.07) is 11.5. The first-order valence-corrected chi connectivity index (χ1v) is 9.89. The average Bonchev–Trinajstić information content (AvgIpc) is 3.31. The smallest absolute Gasteiger partial charge is 0.240 e. The predicted molar refractivity (Wildman–Crippen MR) is 115 cm³/mol. The number of nitrogens with zero attached hydrogens (tertiary/aromatic N) is 1. The van der Waals surface area contributed by atoms with Gasteiger partial charge >= 0.3 is 0 Å². The number of fused-ring (bicyclic) bond motifs is 2. The molecule has 156 valence electrons. The van der Waals surface area contributed by atoms with Gasteiger partial charge < -0.3 is 24.7 Å². The van der Waals surface area contributed by atoms with Crippen molar-refractivity contribution in [2.75, 3.05) is 19.5 Å². The number of hydrogen-bond acceptors (Lipinski definition) is 4. The van der Waals surface area contributed by atoms with Gasteiger partial charge in [0.25, 0.3) is 0 Å². The molecule has 1 heterocycles. The molecular weight excluding hydrogens is 382 g/mol. The summed E-state index contributed by atoms with van der Waals surface area (Å²) in [6.45, 7) is 1.68. The summed E-state index contributed by atoms with van der Waals surface area (Å²) in [4.78, 5) is 24.2. The summed E-state index contributed by atoms with van der Waals surface area (Å²) >= 11 is 0. The number of amides is 2. The summed E-state index contributed by atoms with van der Waals surface area (Å²) in [6.07, 6.45) is 3.59. The molecule has 30 heavy (non-hydrogen) atoms. The van der Waals surface area contributed by atoms with E-state index in [0.29, 0.717) is 11.5 Å². The van der Waals surface area contributed by atoms with Crippen LogP contribution in [0.15, 0.2) is 42.6 Å². The van der Waals surface area contributed by atoms with Gasteiger partial charge in [0, 0.05) is 18.5 Å². The van der Waals surface area contributed by atoms with Gasteiger partial charge in [-0.2, -0.15) is 0 Å². The van der Waals surface area contributed by atoms with Crippen molar-refractivity contribution in [1.82, 2.24) is 9.88 Å². The van der Waals surface area contributed by atoms with Crippen LogP contribution < -0.4 is 20.1 Å². The molecule has 2 N–H and O–H groups in total. The van der Waals surface area contributed by atoms with Crippen LogP contribution in [-0.2, 0) is 22.6 Å². The second-order valence-electron chi connectivity index (χ2n) is 7.43. The zero-order valence-electron chi connectivity index (χ0n) is 17.3. The van der Waals surface area contributed by atoms with E-state index in [1.54, 1.807) is 14.2 Å². The van der Waals surface area contributed by atoms with Gasteiger partial charge in [-0.1, -0.05) is 6.07 Å². The lowest BCUT2D eigenvalue weighted by Gasteiger charge is -2.17. The minimum absolute atomic E-state index is 0.0518. The van der Waals surface area contributed by atoms with Crippen LogP contribution in [0.4, 0.5) is 5.69 Å². The Balaban J connectivity index is 1.51. The SMILES string of the molecule is COc1cc2c(cc1OC)C(NC(=O)Cn1ccc3c(NC(C)=O)cccc31)CC2. The van der Waals surface area contributed by atoms with Crippen molar-refractivity contribution in [3.8, 4) is 11.5 Å². The molecule has 0 aliphatic heterocycles. The lowest BCUT2D eigenvalue weighted by Crippen LogP contribution is -2.30. The Kier molecular flexibility index (Phi) is 5.35. The number of aryl methyl sites for hydroxylation is 1. The fraction of sp³-hybridized carbons (Fsp3) is 0.304. The number of aromatic nitrogens is 1. The van der Waals surface area contributed by atoms with E-state index in [1.807, 2.05) is 47.2 Å². The third-order valence-electron chi connectivity index (χ3n) is 5.50. The highest BCUT2D eigenvalue weighted by Gasteiger charge is 2.26. The van der Waals surface area contributed by atoms with E-state index in [9.17, 15) is 9.59 Å². The van der Waals surface area contributed by atoms with Gasteiger partial charge in [-0.25, -0.2) is 0 Å². The Morgan fingerprint density at radius 3 is 2.63 bits per heavy atom. The van der Waals surface area contributed by atoms with Gasteiger partial charge in [0.1, 0.15) is 6.54 Å². The quantitative estimate of drug-likeness (QED) is 0.656. The highest BCUT2D eigenvalue weighted by atomic mass is 16.5. The van der Waals surface area contributed by atoms with Crippen molar-refractivity contribution in [3.63, 3.8) is 0 Å². The molecule has 1 aliphatic carbocycles. The first-order valence-electron chi connectivity index (χ1n) is 9.89. The van der Waals surface area contributed by atoms with Crippen LogP contribution in [0, 0.1) is 0 Å². The monoisotopic (exact) mass is 407 g/mol. The maximum Gasteiger partial charge on any atom is 0.240 e. The molecule has 0 bridgehead atoms. The van der Waals surface area contributed by atoms with E-state index in [2.05, 4.69) is 10.6 Å². The fourth-order valence-corrected chi connectivity index (χ4v) is 4.14. The molecule has 0 radical (unpaired) electrons. The number of carbonyl (C=O) groups excluding carboxylic acids is 2. The van der Waals surface area contributed by atoms with Crippen LogP contribution in [0.25, 0.3) is 10.9 Å². The third kappa shape index (κ3) is 3.70. The molecule has 0 saturated heterocycles. The average molecular weight is 407 g/mol. The molecule has 1 aliphatic rings. The number of carbonyl (C=O) groups is 2. The van der Waals surface area contributed by atoms with Crippen LogP contribution in [0.5, 0.6) is 11.5 Å². The molecule has 7 heteroatoms. The summed E-state index contributed by atoms with van der Waals surface area (Å²) in [5, 5.41) is 6.88. The third-order valence-corrected chi connectivity index (χ3v) is 5.50. The second-order valence-corrected chi connectivity index (χ2v) is 7.43. The molecule has 7 nitrogen and oxygen atoms in total. The number of benzene rings is 2. The molecular formula is C23H25N3O4. The van der Waals surface area contributed by atoms with Crippen molar-refractivity contribution in [2.24, 2.45) is 0 Å². The van der Waals surface area contributed by atoms with E-state index in [-0.39, 0.29) is 24.4 Å². The summed E-state index contributed by atoms with van der Waals surface area (Å²) in [7, 11) is 3.23. The lowest BCUT2D eigenvalue weighted by atomic mass is 10.1. The zero-order valence-corrected chi connectivity index (χ0v) is 17.3. The number of ether oxygens (including phenoxy) is 2. The van der Waals surface area contributed by atoms with Gasteiger partial charge in [0.2, 0.25) is 11.8 Å². The van der Waals surface area contributed by atoms with Crippen LogP contribution in [0.1, 0.15) is 30.5 Å². The lowest BCUT2D eigenvalue weighted by molar-refractivity contribution is -0.122. The van der Waals surface area contributed by atoms with Crippen LogP contribution in [0.3, 0.4) is 0 Å². The second kappa shape index (κ2) is 8.10. The van der Waals surface area contributed by atoms with Crippen molar-refractivity contribution < 1.29 is 19.1 Å². The highest BCUT2D eigenvalue weighted by Crippen LogP contribution is 2.39. The fourth-order valence-electron chi connectivity index (χ4n) is 4.14. The number of nitrogens with one attached hydrogen (secondary N) is 2. The molecule has 0 saturated carbocycles. The van der Waals surface area contributed by atoms with Crippen LogP contribution in [0.2, 0.25) is 0 Å². The predicted octanol–water partition coefficient (Wildman–Crippen LogP) is 3.42. The molecule has 0 spiro atoms. The first kappa shape index (κ1) is 19.8. The Bertz CT molecular complexity index is 1120. The molecule has 4 rings (SSSR count). The van der Waals surface area contributed by atoms with E-state index in [4.69, 9.17) is 9.47 Å². The van der Waals surface area contributed by atoms with Gasteiger partial charge in [-0.15, -0.1) is 0 Å². The Morgan fingerprint density at radius 2 is 1.90 bits per heavy atom. The Hall–Kier alpha value is -3.48. The molecule has 2 aromatic carbocycles. The molecule has 2 amide bonds. The first-order chi connectivity index (χ1) is 14.5. The maximum atomic E-state index is 12.8. The number of hydrogen-bond donors (Lipinski definition) is 2. The largest absolute Gasteiger partial charge is 0.493 e. The van der Waals surface area contributed by atoms with E-state index >= 15 is 0 Å². The van der Waals surface area contributed by atoms with Crippen LogP contribution >= 0.6 is 0 Å². The number of anilines is 1. The van der Waals surface area contributed by atoms with Gasteiger partial charge in [0.05, 0.1) is 31.5 Å². The van der Waals surface area contributed by atoms with Crippen molar-refractivity contribution in [2.45, 2.75) is 32.4 Å². The Morgan fingerprint density at radius 1 is 1.13 bits per heavy atom. The molecule has 1 atom stereocenters. The number of methoxy groups -OCH3 is 2.